The number of ether oxygens (including phenoxy) is 1. The standard InChI is InChI=1S/C32H39N3O6S/c1-22(2)19-34(42(39,40)27-16-12-24(4)13-17-27)20-29(36)28(18-25-8-6-5-7-9-25)33-31(37)30-21-35(32(38)41-30)26-14-10-23(3)11-15-26/h5-17,22,28-30,36H,18-21H2,1-4H3,(H,33,37)/t28-,29+,30-/m0/s1. The van der Waals surface area contributed by atoms with E-state index < -0.39 is 40.3 Å². The Balaban J connectivity index is 1.54. The van der Waals surface area contributed by atoms with Crippen LogP contribution in [0.25, 0.3) is 0 Å². The topological polar surface area (TPSA) is 116 Å². The molecule has 4 rings (SSSR count). The molecule has 0 saturated carbocycles. The van der Waals surface area contributed by atoms with E-state index in [-0.39, 0.29) is 36.9 Å². The number of amides is 2. The maximum absolute atomic E-state index is 13.6. The lowest BCUT2D eigenvalue weighted by molar-refractivity contribution is -0.129. The molecule has 3 atom stereocenters. The molecule has 3 aromatic rings. The lowest BCUT2D eigenvalue weighted by Gasteiger charge is -2.31. The summed E-state index contributed by atoms with van der Waals surface area (Å²) in [6.07, 6.45) is -2.73. The molecule has 0 radical (unpaired) electrons. The number of aryl methyl sites for hydroxylation is 2. The minimum absolute atomic E-state index is 0.00903. The van der Waals surface area contributed by atoms with Gasteiger partial charge in [-0.05, 0) is 56.0 Å². The number of nitrogens with zero attached hydrogens (tertiary/aromatic N) is 2. The first-order chi connectivity index (χ1) is 19.9. The Labute approximate surface area is 248 Å². The maximum atomic E-state index is 13.6. The summed E-state index contributed by atoms with van der Waals surface area (Å²) in [5.41, 5.74) is 3.44. The van der Waals surface area contributed by atoms with Crippen molar-refractivity contribution in [3.05, 3.63) is 95.6 Å². The van der Waals surface area contributed by atoms with Crippen molar-refractivity contribution in [2.45, 2.75) is 57.3 Å². The Morgan fingerprint density at radius 3 is 2.17 bits per heavy atom. The second kappa shape index (κ2) is 13.5. The number of aliphatic hydroxyl groups is 1. The highest BCUT2D eigenvalue weighted by Crippen LogP contribution is 2.23. The predicted molar refractivity (Wildman–Crippen MR) is 162 cm³/mol. The molecule has 0 aromatic heterocycles. The number of carbonyl (C=O) groups excluding carboxylic acids is 2. The van der Waals surface area contributed by atoms with E-state index in [0.29, 0.717) is 5.69 Å². The van der Waals surface area contributed by atoms with Gasteiger partial charge in [0.25, 0.3) is 5.91 Å². The third kappa shape index (κ3) is 7.76. The van der Waals surface area contributed by atoms with Crippen LogP contribution in [0.15, 0.2) is 83.8 Å². The van der Waals surface area contributed by atoms with Crippen LogP contribution in [0.3, 0.4) is 0 Å². The lowest BCUT2D eigenvalue weighted by atomic mass is 10.0. The van der Waals surface area contributed by atoms with Crippen LogP contribution in [0.4, 0.5) is 10.5 Å². The quantitative estimate of drug-likeness (QED) is 0.327. The molecule has 3 aromatic carbocycles. The summed E-state index contributed by atoms with van der Waals surface area (Å²) in [5, 5.41) is 14.3. The van der Waals surface area contributed by atoms with Crippen LogP contribution in [0.2, 0.25) is 0 Å². The second-order valence-corrected chi connectivity index (χ2v) is 13.2. The van der Waals surface area contributed by atoms with Crippen molar-refractivity contribution in [1.29, 1.82) is 0 Å². The van der Waals surface area contributed by atoms with Gasteiger partial charge in [-0.3, -0.25) is 9.69 Å². The molecule has 2 amide bonds. The molecule has 9 nitrogen and oxygen atoms in total. The molecule has 1 saturated heterocycles. The highest BCUT2D eigenvalue weighted by molar-refractivity contribution is 7.89. The van der Waals surface area contributed by atoms with Crippen molar-refractivity contribution in [2.24, 2.45) is 5.92 Å². The lowest BCUT2D eigenvalue weighted by Crippen LogP contribution is -2.53. The van der Waals surface area contributed by atoms with E-state index in [2.05, 4.69) is 5.32 Å². The Kier molecular flexibility index (Phi) is 10.0. The number of sulfonamides is 1. The number of aliphatic hydroxyl groups excluding tert-OH is 1. The van der Waals surface area contributed by atoms with E-state index in [4.69, 9.17) is 4.74 Å². The fourth-order valence-corrected chi connectivity index (χ4v) is 6.46. The summed E-state index contributed by atoms with van der Waals surface area (Å²) in [4.78, 5) is 27.5. The minimum Gasteiger partial charge on any atom is -0.434 e. The second-order valence-electron chi connectivity index (χ2n) is 11.2. The third-order valence-corrected chi connectivity index (χ3v) is 9.00. The molecule has 0 aliphatic carbocycles. The summed E-state index contributed by atoms with van der Waals surface area (Å²) < 4.78 is 33.9. The van der Waals surface area contributed by atoms with Gasteiger partial charge in [-0.15, -0.1) is 0 Å². The van der Waals surface area contributed by atoms with Gasteiger partial charge < -0.3 is 15.2 Å². The van der Waals surface area contributed by atoms with Gasteiger partial charge in [0.15, 0.2) is 6.10 Å². The zero-order valence-corrected chi connectivity index (χ0v) is 25.3. The van der Waals surface area contributed by atoms with E-state index in [1.807, 2.05) is 70.2 Å². The number of benzene rings is 3. The van der Waals surface area contributed by atoms with Crippen molar-refractivity contribution in [3.8, 4) is 0 Å². The number of anilines is 1. The predicted octanol–water partition coefficient (Wildman–Crippen LogP) is 4.06. The van der Waals surface area contributed by atoms with E-state index in [9.17, 15) is 23.1 Å². The molecule has 0 spiro atoms. The molecule has 2 N–H and O–H groups in total. The summed E-state index contributed by atoms with van der Waals surface area (Å²) >= 11 is 0. The first kappa shape index (κ1) is 31.2. The molecule has 1 heterocycles. The summed E-state index contributed by atoms with van der Waals surface area (Å²) in [5.74, 6) is -0.569. The highest BCUT2D eigenvalue weighted by Gasteiger charge is 2.39. The number of hydrogen-bond donors (Lipinski definition) is 2. The monoisotopic (exact) mass is 593 g/mol. The van der Waals surface area contributed by atoms with Gasteiger partial charge in [0.1, 0.15) is 0 Å². The van der Waals surface area contributed by atoms with Crippen molar-refractivity contribution >= 4 is 27.7 Å². The van der Waals surface area contributed by atoms with E-state index in [1.165, 1.54) is 9.21 Å². The van der Waals surface area contributed by atoms with Gasteiger partial charge in [0.2, 0.25) is 10.0 Å². The molecule has 1 aliphatic rings. The molecule has 1 fully saturated rings. The molecule has 0 bridgehead atoms. The normalized spacial score (nSPS) is 16.9. The van der Waals surface area contributed by atoms with Gasteiger partial charge in [-0.25, -0.2) is 13.2 Å². The van der Waals surface area contributed by atoms with Gasteiger partial charge in [-0.1, -0.05) is 79.6 Å². The van der Waals surface area contributed by atoms with Crippen molar-refractivity contribution in [2.75, 3.05) is 24.5 Å². The molecule has 42 heavy (non-hydrogen) atoms. The van der Waals surface area contributed by atoms with Crippen LogP contribution in [0, 0.1) is 19.8 Å². The van der Waals surface area contributed by atoms with Gasteiger partial charge in [0.05, 0.1) is 23.6 Å². The molecule has 224 valence electrons. The SMILES string of the molecule is Cc1ccc(N2C[C@@H](C(=O)N[C@@H](Cc3ccccc3)[C@H](O)CN(CC(C)C)S(=O)(=O)c3ccc(C)cc3)OC2=O)cc1. The Morgan fingerprint density at radius 2 is 1.57 bits per heavy atom. The van der Waals surface area contributed by atoms with E-state index in [0.717, 1.165) is 16.7 Å². The van der Waals surface area contributed by atoms with E-state index >= 15 is 0 Å². The maximum Gasteiger partial charge on any atom is 0.415 e. The van der Waals surface area contributed by atoms with Gasteiger partial charge >= 0.3 is 6.09 Å². The Bertz CT molecular complexity index is 1460. The number of rotatable bonds is 12. The van der Waals surface area contributed by atoms with Crippen LogP contribution in [-0.4, -0.2) is 67.7 Å². The van der Waals surface area contributed by atoms with Gasteiger partial charge in [-0.2, -0.15) is 4.31 Å². The molecular formula is C32H39N3O6S. The van der Waals surface area contributed by atoms with Crippen molar-refractivity contribution < 1.29 is 27.9 Å². The van der Waals surface area contributed by atoms with Crippen LogP contribution in [-0.2, 0) is 26.0 Å². The van der Waals surface area contributed by atoms with Crippen LogP contribution in [0.5, 0.6) is 0 Å². The summed E-state index contributed by atoms with van der Waals surface area (Å²) in [7, 11) is -3.92. The molecule has 0 unspecified atom stereocenters. The largest absolute Gasteiger partial charge is 0.434 e. The fraction of sp³-hybridized carbons (Fsp3) is 0.375. The molecular weight excluding hydrogens is 554 g/mol. The zero-order valence-electron chi connectivity index (χ0n) is 24.4. The summed E-state index contributed by atoms with van der Waals surface area (Å²) in [6.45, 7) is 7.60. The summed E-state index contributed by atoms with van der Waals surface area (Å²) in [6, 6.07) is 22.4. The number of hydrogen-bond acceptors (Lipinski definition) is 6. The van der Waals surface area contributed by atoms with Crippen molar-refractivity contribution in [1.82, 2.24) is 9.62 Å². The van der Waals surface area contributed by atoms with E-state index in [1.54, 1.807) is 36.4 Å². The molecule has 1 aliphatic heterocycles. The number of carbonyl (C=O) groups is 2. The van der Waals surface area contributed by atoms with Crippen LogP contribution >= 0.6 is 0 Å². The molecule has 10 heteroatoms. The van der Waals surface area contributed by atoms with Crippen LogP contribution < -0.4 is 10.2 Å². The average Bonchev–Trinajstić information content (AvgIpc) is 3.35. The first-order valence-corrected chi connectivity index (χ1v) is 15.5. The van der Waals surface area contributed by atoms with Crippen LogP contribution in [0.1, 0.15) is 30.5 Å². The fourth-order valence-electron chi connectivity index (χ4n) is 4.84. The number of nitrogens with one attached hydrogen (secondary N) is 1. The average molecular weight is 594 g/mol. The zero-order chi connectivity index (χ0) is 30.4. The number of cyclic esters (lactones) is 1. The van der Waals surface area contributed by atoms with Gasteiger partial charge in [0, 0.05) is 18.8 Å². The minimum atomic E-state index is -3.92. The smallest absolute Gasteiger partial charge is 0.415 e. The van der Waals surface area contributed by atoms with Crippen molar-refractivity contribution in [3.63, 3.8) is 0 Å². The third-order valence-electron chi connectivity index (χ3n) is 7.16. The Hall–Kier alpha value is -3.73. The highest BCUT2D eigenvalue weighted by atomic mass is 32.2. The first-order valence-electron chi connectivity index (χ1n) is 14.1. The Morgan fingerprint density at radius 1 is 0.976 bits per heavy atom.